The minimum absolute atomic E-state index is 0.0567. The fourth-order valence-electron chi connectivity index (χ4n) is 3.60. The van der Waals surface area contributed by atoms with Crippen LogP contribution >= 0.6 is 0 Å². The summed E-state index contributed by atoms with van der Waals surface area (Å²) in [6.07, 6.45) is 5.05. The fraction of sp³-hybridized carbons (Fsp3) is 0.588. The number of hydrogen-bond donors (Lipinski definition) is 1. The van der Waals surface area contributed by atoms with Gasteiger partial charge in [-0.25, -0.2) is 8.78 Å². The van der Waals surface area contributed by atoms with E-state index in [1.165, 1.54) is 24.2 Å². The second-order valence-corrected chi connectivity index (χ2v) is 6.58. The van der Waals surface area contributed by atoms with E-state index in [2.05, 4.69) is 4.90 Å². The molecular formula is C17H22F2NO. The predicted molar refractivity (Wildman–Crippen MR) is 77.4 cm³/mol. The molecule has 115 valence electrons. The third-order valence-electron chi connectivity index (χ3n) is 4.88. The number of benzene rings is 1. The summed E-state index contributed by atoms with van der Waals surface area (Å²) in [6, 6.07) is 4.95. The van der Waals surface area contributed by atoms with Crippen molar-refractivity contribution in [1.82, 2.24) is 4.90 Å². The molecule has 3 rings (SSSR count). The van der Waals surface area contributed by atoms with E-state index in [1.54, 1.807) is 0 Å². The Hall–Kier alpha value is -1.00. The largest absolute Gasteiger partial charge is 0.390 e. The number of hydrogen-bond acceptors (Lipinski definition) is 2. The van der Waals surface area contributed by atoms with Crippen molar-refractivity contribution >= 4 is 0 Å². The van der Waals surface area contributed by atoms with Crippen LogP contribution in [0.1, 0.15) is 57.1 Å². The van der Waals surface area contributed by atoms with Crippen molar-refractivity contribution in [3.63, 3.8) is 0 Å². The number of halogens is 2. The highest BCUT2D eigenvalue weighted by atomic mass is 19.1. The maximum absolute atomic E-state index is 14.0. The lowest BCUT2D eigenvalue weighted by Crippen LogP contribution is -2.37. The van der Waals surface area contributed by atoms with Crippen molar-refractivity contribution in [3.8, 4) is 0 Å². The lowest BCUT2D eigenvalue weighted by atomic mass is 9.82. The second-order valence-electron chi connectivity index (χ2n) is 6.58. The Morgan fingerprint density at radius 3 is 2.67 bits per heavy atom. The van der Waals surface area contributed by atoms with Crippen molar-refractivity contribution in [2.45, 2.75) is 57.1 Å². The Morgan fingerprint density at radius 2 is 1.95 bits per heavy atom. The first-order valence-corrected chi connectivity index (χ1v) is 7.75. The first kappa shape index (κ1) is 14.9. The maximum Gasteiger partial charge on any atom is 0.128 e. The summed E-state index contributed by atoms with van der Waals surface area (Å²) < 4.78 is 27.5. The molecule has 1 N–H and O–H groups in total. The van der Waals surface area contributed by atoms with Gasteiger partial charge >= 0.3 is 0 Å². The van der Waals surface area contributed by atoms with Crippen molar-refractivity contribution < 1.29 is 13.9 Å². The molecule has 4 heteroatoms. The molecule has 1 aromatic carbocycles. The SMILES string of the molecule is CC1(O)CC[C](N2CCC[C@@H]2c2cc(F)ccc2F)CC1. The van der Waals surface area contributed by atoms with Crippen LogP contribution < -0.4 is 0 Å². The lowest BCUT2D eigenvalue weighted by molar-refractivity contribution is 0.0138. The topological polar surface area (TPSA) is 23.5 Å². The summed E-state index contributed by atoms with van der Waals surface area (Å²) in [5.74, 6) is -0.702. The molecule has 21 heavy (non-hydrogen) atoms. The molecule has 2 fully saturated rings. The Morgan fingerprint density at radius 1 is 1.24 bits per heavy atom. The zero-order chi connectivity index (χ0) is 15.0. The number of nitrogens with zero attached hydrogens (tertiary/aromatic N) is 1. The van der Waals surface area contributed by atoms with Gasteiger partial charge in [-0.3, -0.25) is 4.90 Å². The smallest absolute Gasteiger partial charge is 0.128 e. The van der Waals surface area contributed by atoms with E-state index < -0.39 is 5.60 Å². The van der Waals surface area contributed by atoms with E-state index in [0.717, 1.165) is 45.1 Å². The van der Waals surface area contributed by atoms with E-state index in [0.29, 0.717) is 5.56 Å². The number of aliphatic hydroxyl groups is 1. The monoisotopic (exact) mass is 294 g/mol. The van der Waals surface area contributed by atoms with Crippen LogP contribution in [0, 0.1) is 17.7 Å². The highest BCUT2D eigenvalue weighted by Gasteiger charge is 2.38. The Kier molecular flexibility index (Phi) is 4.02. The molecule has 2 nitrogen and oxygen atoms in total. The standard InChI is InChI=1S/C17H22F2NO/c1-17(21)8-6-13(7-9-17)20-10-2-3-16(20)14-11-12(18)4-5-15(14)19/h4-5,11,16,21H,2-3,6-10H2,1H3/t16-/m1/s1. The summed E-state index contributed by atoms with van der Waals surface area (Å²) in [5, 5.41) is 10.1. The van der Waals surface area contributed by atoms with Crippen LogP contribution in [0.3, 0.4) is 0 Å². The van der Waals surface area contributed by atoms with Gasteiger partial charge in [0.05, 0.1) is 5.60 Å². The van der Waals surface area contributed by atoms with Crippen LogP contribution in [0.2, 0.25) is 0 Å². The molecule has 1 aliphatic carbocycles. The molecule has 0 amide bonds. The average molecular weight is 294 g/mol. The fourth-order valence-corrected chi connectivity index (χ4v) is 3.60. The average Bonchev–Trinajstić information content (AvgIpc) is 2.90. The molecule has 1 saturated heterocycles. The number of rotatable bonds is 2. The predicted octanol–water partition coefficient (Wildman–Crippen LogP) is 3.96. The van der Waals surface area contributed by atoms with E-state index in [4.69, 9.17) is 0 Å². The maximum atomic E-state index is 14.0. The summed E-state index contributed by atoms with van der Waals surface area (Å²) in [5.41, 5.74) is -0.111. The summed E-state index contributed by atoms with van der Waals surface area (Å²) in [4.78, 5) is 2.24. The van der Waals surface area contributed by atoms with Crippen LogP contribution in [-0.2, 0) is 0 Å². The zero-order valence-electron chi connectivity index (χ0n) is 12.4. The molecule has 0 aromatic heterocycles. The van der Waals surface area contributed by atoms with Crippen LogP contribution in [0.5, 0.6) is 0 Å². The third-order valence-corrected chi connectivity index (χ3v) is 4.88. The van der Waals surface area contributed by atoms with Gasteiger partial charge in [0.1, 0.15) is 11.6 Å². The minimum Gasteiger partial charge on any atom is -0.390 e. The molecule has 1 saturated carbocycles. The van der Waals surface area contributed by atoms with Gasteiger partial charge < -0.3 is 5.11 Å². The Balaban J connectivity index is 1.78. The van der Waals surface area contributed by atoms with Gasteiger partial charge in [-0.2, -0.15) is 0 Å². The van der Waals surface area contributed by atoms with Gasteiger partial charge in [0.25, 0.3) is 0 Å². The third kappa shape index (κ3) is 3.11. The van der Waals surface area contributed by atoms with Crippen LogP contribution in [0.25, 0.3) is 0 Å². The van der Waals surface area contributed by atoms with Crippen LogP contribution in [0.15, 0.2) is 18.2 Å². The molecule has 0 spiro atoms. The summed E-state index contributed by atoms with van der Waals surface area (Å²) in [6.45, 7) is 2.77. The molecule has 1 aromatic rings. The van der Waals surface area contributed by atoms with Gasteiger partial charge in [-0.15, -0.1) is 0 Å². The molecule has 1 aliphatic heterocycles. The van der Waals surface area contributed by atoms with Gasteiger partial charge in [0, 0.05) is 17.6 Å². The molecule has 1 atom stereocenters. The van der Waals surface area contributed by atoms with Gasteiger partial charge in [-0.1, -0.05) is 0 Å². The van der Waals surface area contributed by atoms with Gasteiger partial charge in [-0.05, 0) is 70.2 Å². The first-order chi connectivity index (χ1) is 9.96. The highest BCUT2D eigenvalue weighted by molar-refractivity contribution is 5.24. The lowest BCUT2D eigenvalue weighted by Gasteiger charge is -2.39. The van der Waals surface area contributed by atoms with E-state index in [1.807, 2.05) is 6.92 Å². The van der Waals surface area contributed by atoms with Crippen LogP contribution in [-0.4, -0.2) is 22.2 Å². The molecule has 1 radical (unpaired) electrons. The molecular weight excluding hydrogens is 272 g/mol. The summed E-state index contributed by atoms with van der Waals surface area (Å²) >= 11 is 0. The van der Waals surface area contributed by atoms with E-state index in [9.17, 15) is 13.9 Å². The highest BCUT2D eigenvalue weighted by Crippen LogP contribution is 2.43. The molecule has 0 bridgehead atoms. The zero-order valence-corrected chi connectivity index (χ0v) is 12.4. The molecule has 0 unspecified atom stereocenters. The van der Waals surface area contributed by atoms with Gasteiger partial charge in [0.15, 0.2) is 0 Å². The van der Waals surface area contributed by atoms with E-state index >= 15 is 0 Å². The van der Waals surface area contributed by atoms with Crippen molar-refractivity contribution in [3.05, 3.63) is 41.4 Å². The quantitative estimate of drug-likeness (QED) is 0.892. The Labute approximate surface area is 124 Å². The first-order valence-electron chi connectivity index (χ1n) is 7.75. The van der Waals surface area contributed by atoms with Crippen molar-refractivity contribution in [2.75, 3.05) is 6.54 Å². The van der Waals surface area contributed by atoms with E-state index in [-0.39, 0.29) is 17.7 Å². The number of likely N-dealkylation sites (tertiary alicyclic amines) is 1. The summed E-state index contributed by atoms with van der Waals surface area (Å²) in [7, 11) is 0. The van der Waals surface area contributed by atoms with Crippen molar-refractivity contribution in [2.24, 2.45) is 0 Å². The molecule has 1 heterocycles. The van der Waals surface area contributed by atoms with Gasteiger partial charge in [0.2, 0.25) is 0 Å². The van der Waals surface area contributed by atoms with Crippen molar-refractivity contribution in [1.29, 1.82) is 0 Å². The molecule has 2 aliphatic rings. The Bertz CT molecular complexity index is 508. The normalized spacial score (nSPS) is 27.1. The minimum atomic E-state index is -0.581. The second kappa shape index (κ2) is 5.65. The van der Waals surface area contributed by atoms with Crippen LogP contribution in [0.4, 0.5) is 8.78 Å².